The first-order valence-corrected chi connectivity index (χ1v) is 7.51. The van der Waals surface area contributed by atoms with Crippen LogP contribution in [0.15, 0.2) is 17.5 Å². The van der Waals surface area contributed by atoms with E-state index >= 15 is 0 Å². The van der Waals surface area contributed by atoms with Crippen molar-refractivity contribution in [3.8, 4) is 0 Å². The first kappa shape index (κ1) is 14.2. The van der Waals surface area contributed by atoms with E-state index in [2.05, 4.69) is 29.3 Å². The second kappa shape index (κ2) is 6.30. The molecule has 1 aromatic heterocycles. The van der Waals surface area contributed by atoms with Crippen LogP contribution in [0.25, 0.3) is 0 Å². The van der Waals surface area contributed by atoms with E-state index < -0.39 is 0 Å². The van der Waals surface area contributed by atoms with Gasteiger partial charge in [0, 0.05) is 36.9 Å². The van der Waals surface area contributed by atoms with Gasteiger partial charge in [-0.1, -0.05) is 6.07 Å². The monoisotopic (exact) mass is 280 g/mol. The van der Waals surface area contributed by atoms with Gasteiger partial charge in [0.15, 0.2) is 0 Å². The molecule has 0 radical (unpaired) electrons. The number of nitrogens with zero attached hydrogens (tertiary/aromatic N) is 2. The molecule has 1 aromatic rings. The maximum absolute atomic E-state index is 11.5. The number of carbonyl (C=O) groups is 2. The molecule has 0 aliphatic carbocycles. The smallest absolute Gasteiger partial charge is 0.229 e. The number of amides is 2. The van der Waals surface area contributed by atoms with Crippen molar-refractivity contribution < 1.29 is 9.59 Å². The summed E-state index contributed by atoms with van der Waals surface area (Å²) in [6, 6.07) is 4.61. The molecule has 1 saturated heterocycles. The van der Waals surface area contributed by atoms with Gasteiger partial charge >= 0.3 is 0 Å². The first-order chi connectivity index (χ1) is 9.08. The molecule has 0 saturated carbocycles. The summed E-state index contributed by atoms with van der Waals surface area (Å²) < 4.78 is 0. The number of hydrogen-bond donors (Lipinski definition) is 0. The average Bonchev–Trinajstić information content (AvgIpc) is 2.98. The number of carbonyl (C=O) groups excluding carboxylic acids is 2. The van der Waals surface area contributed by atoms with Crippen LogP contribution < -0.4 is 0 Å². The van der Waals surface area contributed by atoms with Gasteiger partial charge in [0.25, 0.3) is 0 Å². The van der Waals surface area contributed by atoms with Crippen LogP contribution in [0.5, 0.6) is 0 Å². The number of likely N-dealkylation sites (N-methyl/N-ethyl adjacent to an activating group) is 1. The highest BCUT2D eigenvalue weighted by molar-refractivity contribution is 7.09. The summed E-state index contributed by atoms with van der Waals surface area (Å²) in [6.07, 6.45) is 1.77. The number of likely N-dealkylation sites (tertiary alicyclic amines) is 1. The highest BCUT2D eigenvalue weighted by atomic mass is 32.1. The molecule has 1 aliphatic heterocycles. The minimum absolute atomic E-state index is 0.0238. The van der Waals surface area contributed by atoms with Crippen molar-refractivity contribution in [3.63, 3.8) is 0 Å². The summed E-state index contributed by atoms with van der Waals surface area (Å²) in [7, 11) is 2.04. The molecule has 19 heavy (non-hydrogen) atoms. The van der Waals surface area contributed by atoms with E-state index in [1.807, 2.05) is 7.05 Å². The molecule has 2 rings (SSSR count). The quantitative estimate of drug-likeness (QED) is 0.746. The van der Waals surface area contributed by atoms with Crippen LogP contribution >= 0.6 is 11.3 Å². The van der Waals surface area contributed by atoms with Crippen molar-refractivity contribution in [2.75, 3.05) is 20.1 Å². The van der Waals surface area contributed by atoms with Crippen LogP contribution in [0.1, 0.15) is 24.6 Å². The Morgan fingerprint density at radius 3 is 2.63 bits per heavy atom. The highest BCUT2D eigenvalue weighted by Crippen LogP contribution is 2.14. The van der Waals surface area contributed by atoms with Crippen LogP contribution in [0, 0.1) is 0 Å². The predicted molar refractivity (Wildman–Crippen MR) is 76.1 cm³/mol. The SMILES string of the molecule is CC(Cc1cccs1)N(C)CCN1C(=O)CCC1=O. The first-order valence-electron chi connectivity index (χ1n) is 6.63. The second-order valence-corrected chi connectivity index (χ2v) is 6.08. The van der Waals surface area contributed by atoms with Crippen molar-refractivity contribution in [2.24, 2.45) is 0 Å². The Balaban J connectivity index is 1.79. The third-order valence-electron chi connectivity index (χ3n) is 3.66. The Morgan fingerprint density at radius 1 is 1.37 bits per heavy atom. The minimum atomic E-state index is -0.0238. The molecule has 0 bridgehead atoms. The van der Waals surface area contributed by atoms with Gasteiger partial charge in [-0.3, -0.25) is 14.5 Å². The van der Waals surface area contributed by atoms with E-state index in [0.717, 1.165) is 13.0 Å². The van der Waals surface area contributed by atoms with Gasteiger partial charge in [-0.25, -0.2) is 0 Å². The third-order valence-corrected chi connectivity index (χ3v) is 4.56. The zero-order valence-corrected chi connectivity index (χ0v) is 12.3. The van der Waals surface area contributed by atoms with E-state index in [1.165, 1.54) is 9.78 Å². The molecule has 0 spiro atoms. The standard InChI is InChI=1S/C14H20N2O2S/c1-11(10-12-4-3-9-19-12)15(2)7-8-16-13(17)5-6-14(16)18/h3-4,9,11H,5-8,10H2,1-2H3. The fraction of sp³-hybridized carbons (Fsp3) is 0.571. The zero-order chi connectivity index (χ0) is 13.8. The molecule has 2 heterocycles. The Labute approximate surface area is 118 Å². The van der Waals surface area contributed by atoms with Crippen LogP contribution in [0.4, 0.5) is 0 Å². The summed E-state index contributed by atoms with van der Waals surface area (Å²) in [5, 5.41) is 2.09. The largest absolute Gasteiger partial charge is 0.302 e. The fourth-order valence-electron chi connectivity index (χ4n) is 2.23. The van der Waals surface area contributed by atoms with Gasteiger partial charge in [-0.15, -0.1) is 11.3 Å². The van der Waals surface area contributed by atoms with Gasteiger partial charge in [0.05, 0.1) is 0 Å². The topological polar surface area (TPSA) is 40.6 Å². The summed E-state index contributed by atoms with van der Waals surface area (Å²) in [5.74, 6) is -0.0476. The van der Waals surface area contributed by atoms with E-state index in [-0.39, 0.29) is 11.8 Å². The van der Waals surface area contributed by atoms with E-state index in [9.17, 15) is 9.59 Å². The Hall–Kier alpha value is -1.20. The molecule has 2 amide bonds. The Kier molecular flexibility index (Phi) is 4.71. The second-order valence-electron chi connectivity index (χ2n) is 5.05. The predicted octanol–water partition coefficient (Wildman–Crippen LogP) is 1.76. The van der Waals surface area contributed by atoms with Crippen molar-refractivity contribution in [1.82, 2.24) is 9.80 Å². The molecule has 1 atom stereocenters. The van der Waals surface area contributed by atoms with Crippen LogP contribution in [0.3, 0.4) is 0 Å². The van der Waals surface area contributed by atoms with Gasteiger partial charge in [0.1, 0.15) is 0 Å². The summed E-state index contributed by atoms with van der Waals surface area (Å²) in [4.78, 5) is 28.0. The molecule has 4 nitrogen and oxygen atoms in total. The lowest BCUT2D eigenvalue weighted by atomic mass is 10.2. The molecule has 1 fully saturated rings. The lowest BCUT2D eigenvalue weighted by molar-refractivity contribution is -0.138. The molecule has 0 N–H and O–H groups in total. The van der Waals surface area contributed by atoms with Gasteiger partial charge in [-0.05, 0) is 31.8 Å². The molecular weight excluding hydrogens is 260 g/mol. The lowest BCUT2D eigenvalue weighted by Crippen LogP contribution is -2.40. The van der Waals surface area contributed by atoms with Gasteiger partial charge < -0.3 is 4.90 Å². The normalized spacial score (nSPS) is 17.5. The average molecular weight is 280 g/mol. The molecule has 104 valence electrons. The summed E-state index contributed by atoms with van der Waals surface area (Å²) in [5.41, 5.74) is 0. The highest BCUT2D eigenvalue weighted by Gasteiger charge is 2.28. The number of imide groups is 1. The molecular formula is C14H20N2O2S. The van der Waals surface area contributed by atoms with Gasteiger partial charge in [0.2, 0.25) is 11.8 Å². The van der Waals surface area contributed by atoms with E-state index in [4.69, 9.17) is 0 Å². The number of thiophene rings is 1. The molecule has 1 aliphatic rings. The van der Waals surface area contributed by atoms with Crippen molar-refractivity contribution >= 4 is 23.2 Å². The third kappa shape index (κ3) is 3.64. The molecule has 1 unspecified atom stereocenters. The van der Waals surface area contributed by atoms with Crippen LogP contribution in [0.2, 0.25) is 0 Å². The lowest BCUT2D eigenvalue weighted by Gasteiger charge is -2.26. The zero-order valence-electron chi connectivity index (χ0n) is 11.5. The maximum Gasteiger partial charge on any atom is 0.229 e. The Morgan fingerprint density at radius 2 is 2.05 bits per heavy atom. The fourth-order valence-corrected chi connectivity index (χ4v) is 3.05. The Bertz CT molecular complexity index is 428. The van der Waals surface area contributed by atoms with Crippen LogP contribution in [-0.4, -0.2) is 47.8 Å². The minimum Gasteiger partial charge on any atom is -0.302 e. The van der Waals surface area contributed by atoms with E-state index in [0.29, 0.717) is 25.4 Å². The molecule has 0 aromatic carbocycles. The van der Waals surface area contributed by atoms with Crippen LogP contribution in [-0.2, 0) is 16.0 Å². The number of hydrogen-bond acceptors (Lipinski definition) is 4. The summed E-state index contributed by atoms with van der Waals surface area (Å²) in [6.45, 7) is 3.43. The van der Waals surface area contributed by atoms with Crippen molar-refractivity contribution in [2.45, 2.75) is 32.2 Å². The molecule has 5 heteroatoms. The maximum atomic E-state index is 11.5. The van der Waals surface area contributed by atoms with E-state index in [1.54, 1.807) is 11.3 Å². The van der Waals surface area contributed by atoms with Crippen molar-refractivity contribution in [3.05, 3.63) is 22.4 Å². The summed E-state index contributed by atoms with van der Waals surface area (Å²) >= 11 is 1.77. The number of rotatable bonds is 6. The van der Waals surface area contributed by atoms with Crippen molar-refractivity contribution in [1.29, 1.82) is 0 Å². The van der Waals surface area contributed by atoms with Gasteiger partial charge in [-0.2, -0.15) is 0 Å².